The molecular formula is C7H8N4O. The van der Waals surface area contributed by atoms with Gasteiger partial charge in [0.2, 0.25) is 0 Å². The lowest BCUT2D eigenvalue weighted by molar-refractivity contribution is 0.426. The van der Waals surface area contributed by atoms with Crippen LogP contribution in [0.2, 0.25) is 0 Å². The molecule has 2 aromatic rings. The van der Waals surface area contributed by atoms with Gasteiger partial charge in [0.15, 0.2) is 5.76 Å². The summed E-state index contributed by atoms with van der Waals surface area (Å²) in [5, 5.41) is 10.2. The van der Waals surface area contributed by atoms with Crippen molar-refractivity contribution in [3.8, 4) is 11.5 Å². The van der Waals surface area contributed by atoms with Gasteiger partial charge in [0.05, 0.1) is 17.6 Å². The fraction of sp³-hybridized carbons (Fsp3) is 0.143. The number of nitrogen functional groups attached to an aromatic ring is 1. The molecule has 2 heterocycles. The van der Waals surface area contributed by atoms with Crippen LogP contribution in [-0.4, -0.2) is 15.4 Å². The molecule has 0 aromatic carbocycles. The fourth-order valence-corrected chi connectivity index (χ4v) is 0.974. The van der Waals surface area contributed by atoms with Crippen molar-refractivity contribution in [1.82, 2.24) is 15.4 Å². The van der Waals surface area contributed by atoms with E-state index in [1.54, 1.807) is 6.07 Å². The van der Waals surface area contributed by atoms with Crippen molar-refractivity contribution in [2.24, 2.45) is 0 Å². The van der Waals surface area contributed by atoms with Crippen molar-refractivity contribution < 1.29 is 4.52 Å². The van der Waals surface area contributed by atoms with E-state index in [1.165, 1.54) is 6.20 Å². The van der Waals surface area contributed by atoms with Gasteiger partial charge in [0.25, 0.3) is 0 Å². The molecule has 12 heavy (non-hydrogen) atoms. The van der Waals surface area contributed by atoms with E-state index in [9.17, 15) is 0 Å². The number of aromatic amines is 1. The van der Waals surface area contributed by atoms with Gasteiger partial charge < -0.3 is 10.3 Å². The molecule has 3 N–H and O–H groups in total. The number of nitrogens with zero attached hydrogens (tertiary/aromatic N) is 2. The summed E-state index contributed by atoms with van der Waals surface area (Å²) in [5.41, 5.74) is 7.66. The lowest BCUT2D eigenvalue weighted by atomic mass is 10.3. The fourth-order valence-electron chi connectivity index (χ4n) is 0.974. The lowest BCUT2D eigenvalue weighted by Gasteiger charge is -1.88. The second-order valence-corrected chi connectivity index (χ2v) is 2.53. The van der Waals surface area contributed by atoms with Gasteiger partial charge in [-0.2, -0.15) is 5.10 Å². The number of aromatic nitrogens is 3. The van der Waals surface area contributed by atoms with Gasteiger partial charge in [-0.05, 0) is 6.92 Å². The maximum atomic E-state index is 5.60. The van der Waals surface area contributed by atoms with E-state index in [-0.39, 0.29) is 0 Å². The molecule has 2 rings (SSSR count). The van der Waals surface area contributed by atoms with Crippen LogP contribution in [-0.2, 0) is 0 Å². The van der Waals surface area contributed by atoms with Crippen molar-refractivity contribution in [2.75, 3.05) is 5.73 Å². The Morgan fingerprint density at radius 2 is 2.42 bits per heavy atom. The van der Waals surface area contributed by atoms with Crippen molar-refractivity contribution in [2.45, 2.75) is 6.92 Å². The quantitative estimate of drug-likeness (QED) is 0.657. The van der Waals surface area contributed by atoms with E-state index in [0.717, 1.165) is 5.69 Å². The lowest BCUT2D eigenvalue weighted by Crippen LogP contribution is -1.84. The Hall–Kier alpha value is -1.78. The molecule has 0 aliphatic carbocycles. The van der Waals surface area contributed by atoms with E-state index in [4.69, 9.17) is 10.3 Å². The Balaban J connectivity index is 2.50. The summed E-state index contributed by atoms with van der Waals surface area (Å²) in [6.07, 6.45) is 1.53. The van der Waals surface area contributed by atoms with Crippen molar-refractivity contribution in [3.63, 3.8) is 0 Å². The molecule has 0 amide bonds. The molecule has 0 saturated carbocycles. The average Bonchev–Trinajstić information content (AvgIpc) is 2.58. The highest BCUT2D eigenvalue weighted by molar-refractivity contribution is 5.67. The highest BCUT2D eigenvalue weighted by Crippen LogP contribution is 2.22. The monoisotopic (exact) mass is 164 g/mol. The van der Waals surface area contributed by atoms with E-state index >= 15 is 0 Å². The van der Waals surface area contributed by atoms with E-state index < -0.39 is 0 Å². The normalized spacial score (nSPS) is 10.4. The Labute approximate surface area is 68.6 Å². The van der Waals surface area contributed by atoms with Crippen LogP contribution in [0, 0.1) is 6.92 Å². The highest BCUT2D eigenvalue weighted by Gasteiger charge is 2.08. The van der Waals surface area contributed by atoms with Crippen LogP contribution >= 0.6 is 0 Å². The zero-order valence-corrected chi connectivity index (χ0v) is 6.53. The SMILES string of the molecule is Cc1cc(-c2[nH]ncc2N)on1. The first-order valence-corrected chi connectivity index (χ1v) is 3.50. The van der Waals surface area contributed by atoms with Crippen molar-refractivity contribution in [1.29, 1.82) is 0 Å². The molecule has 0 atom stereocenters. The topological polar surface area (TPSA) is 80.7 Å². The third-order valence-electron chi connectivity index (χ3n) is 1.54. The van der Waals surface area contributed by atoms with Gasteiger partial charge in [0.1, 0.15) is 5.69 Å². The predicted molar refractivity (Wildman–Crippen MR) is 43.2 cm³/mol. The van der Waals surface area contributed by atoms with Gasteiger partial charge >= 0.3 is 0 Å². The molecule has 0 radical (unpaired) electrons. The standard InChI is InChI=1S/C7H8N4O/c1-4-2-6(12-11-4)7-5(8)3-9-10-7/h2-3H,8H2,1H3,(H,9,10). The minimum atomic E-state index is 0.561. The van der Waals surface area contributed by atoms with Crippen LogP contribution in [0.25, 0.3) is 11.5 Å². The minimum Gasteiger partial charge on any atom is -0.396 e. The number of hydrogen-bond acceptors (Lipinski definition) is 4. The van der Waals surface area contributed by atoms with Crippen LogP contribution in [0.4, 0.5) is 5.69 Å². The molecule has 0 aliphatic heterocycles. The smallest absolute Gasteiger partial charge is 0.186 e. The number of anilines is 1. The number of aryl methyl sites for hydroxylation is 1. The number of nitrogens with two attached hydrogens (primary N) is 1. The Morgan fingerprint density at radius 1 is 1.58 bits per heavy atom. The molecule has 0 saturated heterocycles. The number of H-pyrrole nitrogens is 1. The summed E-state index contributed by atoms with van der Waals surface area (Å²) < 4.78 is 4.99. The molecule has 2 aromatic heterocycles. The Morgan fingerprint density at radius 3 is 2.92 bits per heavy atom. The zero-order valence-electron chi connectivity index (χ0n) is 6.53. The Kier molecular flexibility index (Phi) is 1.36. The first-order chi connectivity index (χ1) is 5.77. The molecular weight excluding hydrogens is 156 g/mol. The van der Waals surface area contributed by atoms with E-state index in [0.29, 0.717) is 17.1 Å². The van der Waals surface area contributed by atoms with Gasteiger partial charge in [0, 0.05) is 6.07 Å². The van der Waals surface area contributed by atoms with Crippen LogP contribution < -0.4 is 5.73 Å². The summed E-state index contributed by atoms with van der Waals surface area (Å²) in [6.45, 7) is 1.85. The maximum absolute atomic E-state index is 5.60. The predicted octanol–water partition coefficient (Wildman–Crippen LogP) is 0.955. The van der Waals surface area contributed by atoms with Crippen LogP contribution in [0.5, 0.6) is 0 Å². The summed E-state index contributed by atoms with van der Waals surface area (Å²) in [4.78, 5) is 0. The zero-order chi connectivity index (χ0) is 8.55. The molecule has 0 bridgehead atoms. The van der Waals surface area contributed by atoms with Gasteiger partial charge in [-0.1, -0.05) is 5.16 Å². The largest absolute Gasteiger partial charge is 0.396 e. The molecule has 0 spiro atoms. The van der Waals surface area contributed by atoms with Gasteiger partial charge in [-0.3, -0.25) is 5.10 Å². The molecule has 0 unspecified atom stereocenters. The third kappa shape index (κ3) is 0.952. The molecule has 0 fully saturated rings. The minimum absolute atomic E-state index is 0.561. The molecule has 5 heteroatoms. The maximum Gasteiger partial charge on any atom is 0.186 e. The van der Waals surface area contributed by atoms with Gasteiger partial charge in [-0.15, -0.1) is 0 Å². The van der Waals surface area contributed by atoms with E-state index in [1.807, 2.05) is 6.92 Å². The van der Waals surface area contributed by atoms with Gasteiger partial charge in [-0.25, -0.2) is 0 Å². The highest BCUT2D eigenvalue weighted by atomic mass is 16.5. The first-order valence-electron chi connectivity index (χ1n) is 3.50. The van der Waals surface area contributed by atoms with E-state index in [2.05, 4.69) is 15.4 Å². The Bertz CT molecular complexity index is 390. The third-order valence-corrected chi connectivity index (χ3v) is 1.54. The summed E-state index contributed by atoms with van der Waals surface area (Å²) >= 11 is 0. The van der Waals surface area contributed by atoms with Crippen molar-refractivity contribution in [3.05, 3.63) is 18.0 Å². The molecule has 62 valence electrons. The molecule has 0 aliphatic rings. The van der Waals surface area contributed by atoms with Crippen LogP contribution in [0.1, 0.15) is 5.69 Å². The summed E-state index contributed by atoms with van der Waals surface area (Å²) in [6, 6.07) is 1.80. The number of hydrogen-bond donors (Lipinski definition) is 2. The first kappa shape index (κ1) is 6.90. The second kappa shape index (κ2) is 2.37. The molecule has 5 nitrogen and oxygen atoms in total. The number of nitrogens with one attached hydrogen (secondary N) is 1. The number of rotatable bonds is 1. The van der Waals surface area contributed by atoms with Crippen molar-refractivity contribution >= 4 is 5.69 Å². The summed E-state index contributed by atoms with van der Waals surface area (Å²) in [5.74, 6) is 0.613. The second-order valence-electron chi connectivity index (χ2n) is 2.53. The average molecular weight is 164 g/mol. The van der Waals surface area contributed by atoms with Crippen LogP contribution in [0.3, 0.4) is 0 Å². The summed E-state index contributed by atoms with van der Waals surface area (Å²) in [7, 11) is 0. The van der Waals surface area contributed by atoms with Crippen LogP contribution in [0.15, 0.2) is 16.8 Å².